The van der Waals surface area contributed by atoms with Crippen molar-refractivity contribution in [3.05, 3.63) is 118 Å². The van der Waals surface area contributed by atoms with Crippen LogP contribution in [0.25, 0.3) is 11.3 Å². The summed E-state index contributed by atoms with van der Waals surface area (Å²) >= 11 is 0. The van der Waals surface area contributed by atoms with Crippen LogP contribution in [0.2, 0.25) is 0 Å². The van der Waals surface area contributed by atoms with E-state index in [-0.39, 0.29) is 53.0 Å². The molecule has 0 bridgehead atoms. The van der Waals surface area contributed by atoms with Gasteiger partial charge in [0.15, 0.2) is 5.82 Å². The highest BCUT2D eigenvalue weighted by Crippen LogP contribution is 2.42. The number of aryl methyl sites for hydroxylation is 1. The maximum atomic E-state index is 14.1. The standard InChI is InChI=1S/C56H65N11O7/c1-7-48(69)59-42-27-36(58-50-55(73)61(6)31-43(60-50)39-13-17-57-51(41(39)32-68)66-22-21-65-46(53(66)71)26-35-28-56(4,5)29-47(35)65)11-12-44(42)64-20-19-62(30-34(64)3)38-14-18-63(33(2)25-38)45-10-8-9-40-49(45)54(72)67(52(40)70)37-15-23-74-24-16-37/h7-13,17,26-27,31,33-34,37-38,68H,1,14-16,18-25,28-30,32H2,2-6H3,(H,58,60)(H,59,69)/t33-,34-,38?/m0/s1. The summed E-state index contributed by atoms with van der Waals surface area (Å²) in [5.74, 6) is -0.571. The van der Waals surface area contributed by atoms with Gasteiger partial charge in [-0.15, -0.1) is 0 Å². The van der Waals surface area contributed by atoms with Crippen LogP contribution in [0, 0.1) is 5.41 Å². The minimum absolute atomic E-state index is 0.0290. The number of amides is 4. The van der Waals surface area contributed by atoms with Crippen molar-refractivity contribution in [2.24, 2.45) is 12.5 Å². The number of carbonyl (C=O) groups excluding carboxylic acids is 4. The van der Waals surface area contributed by atoms with Crippen molar-refractivity contribution in [2.45, 2.75) is 104 Å². The van der Waals surface area contributed by atoms with Crippen LogP contribution in [0.1, 0.15) is 101 Å². The molecule has 5 aliphatic heterocycles. The number of piperidine rings is 1. The van der Waals surface area contributed by atoms with E-state index in [1.54, 1.807) is 42.5 Å². The van der Waals surface area contributed by atoms with Crippen LogP contribution in [0.5, 0.6) is 0 Å². The fraction of sp³-hybridized carbons (Fsp3) is 0.446. The Morgan fingerprint density at radius 1 is 0.878 bits per heavy atom. The summed E-state index contributed by atoms with van der Waals surface area (Å²) in [4.78, 5) is 88.0. The summed E-state index contributed by atoms with van der Waals surface area (Å²) in [6, 6.07) is 15.4. The van der Waals surface area contributed by atoms with Gasteiger partial charge in [-0.3, -0.25) is 38.7 Å². The van der Waals surface area contributed by atoms with E-state index in [0.717, 1.165) is 56.7 Å². The minimum Gasteiger partial charge on any atom is -0.392 e. The molecule has 0 spiro atoms. The number of aromatic nitrogens is 4. The van der Waals surface area contributed by atoms with E-state index in [0.29, 0.717) is 103 Å². The highest BCUT2D eigenvalue weighted by atomic mass is 16.5. The lowest BCUT2D eigenvalue weighted by molar-refractivity contribution is -0.111. The number of nitrogens with zero attached hydrogens (tertiary/aromatic N) is 9. The van der Waals surface area contributed by atoms with Gasteiger partial charge in [0.25, 0.3) is 23.3 Å². The van der Waals surface area contributed by atoms with Crippen molar-refractivity contribution in [3.8, 4) is 11.3 Å². The van der Waals surface area contributed by atoms with Crippen LogP contribution in [-0.4, -0.2) is 128 Å². The molecule has 1 unspecified atom stereocenters. The molecule has 18 nitrogen and oxygen atoms in total. The smallest absolute Gasteiger partial charge is 0.293 e. The number of imide groups is 1. The number of aliphatic hydroxyl groups is 1. The molecule has 4 amide bonds. The average Bonchev–Trinajstić information content (AvgIpc) is 3.99. The van der Waals surface area contributed by atoms with Crippen molar-refractivity contribution < 1.29 is 29.0 Å². The maximum absolute atomic E-state index is 14.1. The van der Waals surface area contributed by atoms with Gasteiger partial charge in [-0.2, -0.15) is 0 Å². The second-order valence-corrected chi connectivity index (χ2v) is 21.7. The molecule has 74 heavy (non-hydrogen) atoms. The molecule has 3 saturated heterocycles. The molecule has 11 rings (SSSR count). The predicted molar refractivity (Wildman–Crippen MR) is 283 cm³/mol. The van der Waals surface area contributed by atoms with Crippen LogP contribution < -0.4 is 30.9 Å². The van der Waals surface area contributed by atoms with Crippen molar-refractivity contribution in [1.82, 2.24) is 28.9 Å². The molecule has 386 valence electrons. The number of rotatable bonds is 11. The van der Waals surface area contributed by atoms with Crippen molar-refractivity contribution >= 4 is 58.0 Å². The van der Waals surface area contributed by atoms with Crippen molar-refractivity contribution in [2.75, 3.05) is 71.3 Å². The zero-order valence-corrected chi connectivity index (χ0v) is 42.9. The van der Waals surface area contributed by atoms with Gasteiger partial charge < -0.3 is 39.4 Å². The van der Waals surface area contributed by atoms with E-state index in [4.69, 9.17) is 9.72 Å². The predicted octanol–water partition coefficient (Wildman–Crippen LogP) is 6.13. The third-order valence-corrected chi connectivity index (χ3v) is 16.2. The molecule has 3 atom stereocenters. The number of piperazine rings is 1. The van der Waals surface area contributed by atoms with E-state index >= 15 is 0 Å². The van der Waals surface area contributed by atoms with Gasteiger partial charge in [0.05, 0.1) is 40.5 Å². The number of benzene rings is 2. The Hall–Kier alpha value is -7.15. The molecular weight excluding hydrogens is 939 g/mol. The Morgan fingerprint density at radius 3 is 2.43 bits per heavy atom. The van der Waals surface area contributed by atoms with Gasteiger partial charge in [0.2, 0.25) is 5.91 Å². The number of pyridine rings is 1. The molecule has 2 aromatic carbocycles. The van der Waals surface area contributed by atoms with Gasteiger partial charge in [-0.25, -0.2) is 9.97 Å². The quantitative estimate of drug-likeness (QED) is 0.101. The lowest BCUT2D eigenvalue weighted by atomic mass is 9.90. The Labute approximate surface area is 430 Å². The lowest BCUT2D eigenvalue weighted by Crippen LogP contribution is -2.58. The second-order valence-electron chi connectivity index (χ2n) is 21.7. The highest BCUT2D eigenvalue weighted by molar-refractivity contribution is 6.24. The number of fused-ring (bicyclic) bond motifs is 4. The number of hydrogen-bond acceptors (Lipinski definition) is 13. The molecule has 3 fully saturated rings. The Kier molecular flexibility index (Phi) is 12.8. The molecule has 0 saturated carbocycles. The van der Waals surface area contributed by atoms with Gasteiger partial charge in [0, 0.05) is 119 Å². The summed E-state index contributed by atoms with van der Waals surface area (Å²) < 4.78 is 9.09. The highest BCUT2D eigenvalue weighted by Gasteiger charge is 2.44. The largest absolute Gasteiger partial charge is 0.392 e. The summed E-state index contributed by atoms with van der Waals surface area (Å²) in [6.45, 7) is 17.3. The van der Waals surface area contributed by atoms with E-state index in [9.17, 15) is 29.1 Å². The van der Waals surface area contributed by atoms with E-state index in [1.165, 1.54) is 26.8 Å². The van der Waals surface area contributed by atoms with E-state index in [1.807, 2.05) is 30.3 Å². The van der Waals surface area contributed by atoms with E-state index < -0.39 is 12.2 Å². The summed E-state index contributed by atoms with van der Waals surface area (Å²) in [5, 5.41) is 17.1. The molecule has 6 aliphatic rings. The molecule has 0 radical (unpaired) electrons. The zero-order chi connectivity index (χ0) is 51.7. The monoisotopic (exact) mass is 1000 g/mol. The van der Waals surface area contributed by atoms with Crippen molar-refractivity contribution in [3.63, 3.8) is 0 Å². The lowest BCUT2D eigenvalue weighted by Gasteiger charge is -2.48. The van der Waals surface area contributed by atoms with Crippen LogP contribution in [0.15, 0.2) is 78.4 Å². The third kappa shape index (κ3) is 8.65. The first-order valence-electron chi connectivity index (χ1n) is 26.0. The maximum Gasteiger partial charge on any atom is 0.293 e. The topological polar surface area (TPSA) is 191 Å². The Morgan fingerprint density at radius 2 is 1.68 bits per heavy atom. The molecule has 1 aliphatic carbocycles. The SMILES string of the molecule is C=CC(=O)Nc1cc(Nc2nc(-c3ccnc(N4CCn5c(cc6c5CC(C)(C)C6)C4=O)c3CO)cn(C)c2=O)ccc1N1CCN(C2CCN(c3cccc4c3C(=O)N(C3CCOCC3)C4=O)[C@@H](C)C2)C[C@@H]1C. The molecule has 3 N–H and O–H groups in total. The Balaban J connectivity index is 0.789. The van der Waals surface area contributed by atoms with Crippen LogP contribution in [0.4, 0.5) is 34.4 Å². The van der Waals surface area contributed by atoms with Crippen LogP contribution >= 0.6 is 0 Å². The molecule has 3 aromatic heterocycles. The molecule has 8 heterocycles. The van der Waals surface area contributed by atoms with E-state index in [2.05, 4.69) is 69.2 Å². The summed E-state index contributed by atoms with van der Waals surface area (Å²) in [7, 11) is 1.63. The number of nitrogens with one attached hydrogen (secondary N) is 2. The first-order chi connectivity index (χ1) is 35.6. The van der Waals surface area contributed by atoms with Crippen LogP contribution in [-0.2, 0) is 42.6 Å². The van der Waals surface area contributed by atoms with Crippen molar-refractivity contribution in [1.29, 1.82) is 0 Å². The number of ether oxygens (including phenoxy) is 1. The fourth-order valence-electron chi connectivity index (χ4n) is 12.6. The first-order valence-corrected chi connectivity index (χ1v) is 26.0. The summed E-state index contributed by atoms with van der Waals surface area (Å²) in [5.41, 5.74) is 7.91. The van der Waals surface area contributed by atoms with Crippen LogP contribution in [0.3, 0.4) is 0 Å². The Bertz CT molecular complexity index is 3170. The number of anilines is 6. The fourth-order valence-corrected chi connectivity index (χ4v) is 12.6. The summed E-state index contributed by atoms with van der Waals surface area (Å²) in [6.07, 6.45) is 9.37. The zero-order valence-electron chi connectivity index (χ0n) is 42.9. The van der Waals surface area contributed by atoms with Gasteiger partial charge in [0.1, 0.15) is 11.5 Å². The molecule has 5 aromatic rings. The normalized spacial score (nSPS) is 22.0. The third-order valence-electron chi connectivity index (χ3n) is 16.2. The number of aliphatic hydroxyl groups excluding tert-OH is 1. The molecule has 18 heteroatoms. The van der Waals surface area contributed by atoms with Gasteiger partial charge >= 0.3 is 0 Å². The minimum atomic E-state index is -0.417. The first kappa shape index (κ1) is 49.1. The number of hydrogen-bond donors (Lipinski definition) is 3. The molecular formula is C56H65N11O7. The average molecular weight is 1000 g/mol. The van der Waals surface area contributed by atoms with Gasteiger partial charge in [-0.1, -0.05) is 26.5 Å². The van der Waals surface area contributed by atoms with Gasteiger partial charge in [-0.05, 0) is 112 Å². The second kappa shape index (κ2) is 19.3. The number of carbonyl (C=O) groups is 4.